The van der Waals surface area contributed by atoms with Crippen molar-refractivity contribution in [3.63, 3.8) is 0 Å². The Balaban J connectivity index is 2.12. The molecule has 0 spiro atoms. The molecule has 4 nitrogen and oxygen atoms in total. The summed E-state index contributed by atoms with van der Waals surface area (Å²) in [7, 11) is 0. The number of alkyl halides is 3. The monoisotopic (exact) mass is 330 g/mol. The summed E-state index contributed by atoms with van der Waals surface area (Å²) in [5, 5.41) is 3.20. The number of piperazine rings is 1. The van der Waals surface area contributed by atoms with E-state index >= 15 is 0 Å². The van der Waals surface area contributed by atoms with Crippen molar-refractivity contribution in [2.24, 2.45) is 0 Å². The summed E-state index contributed by atoms with van der Waals surface area (Å²) in [4.78, 5) is 13.0. The molecule has 7 heteroatoms. The minimum Gasteiger partial charge on any atom is -0.427 e. The Morgan fingerprint density at radius 2 is 1.87 bits per heavy atom. The van der Waals surface area contributed by atoms with E-state index in [1.807, 2.05) is 0 Å². The number of carbonyl (C=O) groups is 1. The van der Waals surface area contributed by atoms with Gasteiger partial charge in [-0.3, -0.25) is 9.69 Å². The second-order valence-corrected chi connectivity index (χ2v) is 5.62. The van der Waals surface area contributed by atoms with Gasteiger partial charge < -0.3 is 10.1 Å². The lowest BCUT2D eigenvalue weighted by Gasteiger charge is -2.35. The molecule has 1 N–H and O–H groups in total. The van der Waals surface area contributed by atoms with Crippen LogP contribution in [-0.4, -0.2) is 43.2 Å². The molecule has 1 saturated heterocycles. The lowest BCUT2D eigenvalue weighted by molar-refractivity contribution is -0.138. The standard InChI is InChI=1S/C16H21F3N2O2/c1-12(22)23-14-4-2-13(3-5-14)15(6-7-16(17,18)19)21-10-8-20-9-11-21/h2-5,15,20H,6-11H2,1H3/t15-/m1/s1. The summed E-state index contributed by atoms with van der Waals surface area (Å²) in [5.74, 6) is -0.0235. The average molecular weight is 330 g/mol. The van der Waals surface area contributed by atoms with Crippen LogP contribution >= 0.6 is 0 Å². The van der Waals surface area contributed by atoms with E-state index in [-0.39, 0.29) is 12.5 Å². The highest BCUT2D eigenvalue weighted by Crippen LogP contribution is 2.32. The van der Waals surface area contributed by atoms with Gasteiger partial charge in [0, 0.05) is 45.6 Å². The fraction of sp³-hybridized carbons (Fsp3) is 0.562. The van der Waals surface area contributed by atoms with Crippen LogP contribution in [0.25, 0.3) is 0 Å². The van der Waals surface area contributed by atoms with Gasteiger partial charge in [-0.05, 0) is 24.1 Å². The van der Waals surface area contributed by atoms with Gasteiger partial charge in [0.2, 0.25) is 0 Å². The number of ether oxygens (including phenoxy) is 1. The van der Waals surface area contributed by atoms with Crippen molar-refractivity contribution < 1.29 is 22.7 Å². The highest BCUT2D eigenvalue weighted by molar-refractivity contribution is 5.69. The molecular formula is C16H21F3N2O2. The van der Waals surface area contributed by atoms with Crippen LogP contribution in [0.1, 0.15) is 31.4 Å². The third kappa shape index (κ3) is 5.84. The maximum atomic E-state index is 12.6. The number of nitrogens with one attached hydrogen (secondary N) is 1. The summed E-state index contributed by atoms with van der Waals surface area (Å²) in [6, 6.07) is 6.44. The van der Waals surface area contributed by atoms with Gasteiger partial charge >= 0.3 is 12.1 Å². The zero-order chi connectivity index (χ0) is 16.9. The summed E-state index contributed by atoms with van der Waals surface area (Å²) < 4.78 is 42.8. The van der Waals surface area contributed by atoms with Crippen molar-refractivity contribution in [3.05, 3.63) is 29.8 Å². The molecule has 2 rings (SSSR count). The summed E-state index contributed by atoms with van der Waals surface area (Å²) in [5.41, 5.74) is 0.812. The first-order valence-electron chi connectivity index (χ1n) is 7.65. The van der Waals surface area contributed by atoms with Crippen LogP contribution in [0.15, 0.2) is 24.3 Å². The third-order valence-corrected chi connectivity index (χ3v) is 3.82. The van der Waals surface area contributed by atoms with Gasteiger partial charge in [-0.25, -0.2) is 0 Å². The van der Waals surface area contributed by atoms with E-state index in [4.69, 9.17) is 4.74 Å². The molecule has 0 aliphatic carbocycles. The normalized spacial score (nSPS) is 17.7. The molecule has 0 radical (unpaired) electrons. The van der Waals surface area contributed by atoms with Gasteiger partial charge in [0.25, 0.3) is 0 Å². The van der Waals surface area contributed by atoms with E-state index < -0.39 is 18.6 Å². The van der Waals surface area contributed by atoms with Crippen LogP contribution in [0.2, 0.25) is 0 Å². The average Bonchev–Trinajstić information content (AvgIpc) is 2.48. The van der Waals surface area contributed by atoms with Gasteiger partial charge in [0.15, 0.2) is 0 Å². The fourth-order valence-corrected chi connectivity index (χ4v) is 2.78. The number of hydrogen-bond acceptors (Lipinski definition) is 4. The Hall–Kier alpha value is -1.60. The molecule has 0 saturated carbocycles. The van der Waals surface area contributed by atoms with Gasteiger partial charge in [0.05, 0.1) is 0 Å². The van der Waals surface area contributed by atoms with Crippen LogP contribution < -0.4 is 10.1 Å². The quantitative estimate of drug-likeness (QED) is 0.666. The highest BCUT2D eigenvalue weighted by atomic mass is 19.4. The molecule has 1 fully saturated rings. The Bertz CT molecular complexity index is 511. The zero-order valence-corrected chi connectivity index (χ0v) is 13.0. The van der Waals surface area contributed by atoms with Crippen molar-refractivity contribution in [2.75, 3.05) is 26.2 Å². The number of halogens is 3. The van der Waals surface area contributed by atoms with Gasteiger partial charge in [-0.15, -0.1) is 0 Å². The summed E-state index contributed by atoms with van der Waals surface area (Å²) >= 11 is 0. The van der Waals surface area contributed by atoms with Crippen LogP contribution in [0.4, 0.5) is 13.2 Å². The van der Waals surface area contributed by atoms with Crippen molar-refractivity contribution in [2.45, 2.75) is 32.0 Å². The molecule has 1 atom stereocenters. The number of nitrogens with zero attached hydrogens (tertiary/aromatic N) is 1. The number of benzene rings is 1. The molecule has 0 bridgehead atoms. The second kappa shape index (κ2) is 7.79. The van der Waals surface area contributed by atoms with E-state index in [9.17, 15) is 18.0 Å². The lowest BCUT2D eigenvalue weighted by atomic mass is 9.99. The number of rotatable bonds is 5. The molecule has 0 amide bonds. The Morgan fingerprint density at radius 1 is 1.26 bits per heavy atom. The van der Waals surface area contributed by atoms with Crippen molar-refractivity contribution in [1.29, 1.82) is 0 Å². The maximum Gasteiger partial charge on any atom is 0.389 e. The first kappa shape index (κ1) is 17.7. The number of esters is 1. The summed E-state index contributed by atoms with van der Waals surface area (Å²) in [6.45, 7) is 4.28. The van der Waals surface area contributed by atoms with E-state index in [0.717, 1.165) is 18.7 Å². The number of hydrogen-bond donors (Lipinski definition) is 1. The van der Waals surface area contributed by atoms with E-state index in [2.05, 4.69) is 10.2 Å². The lowest BCUT2D eigenvalue weighted by Crippen LogP contribution is -2.45. The molecule has 0 aromatic heterocycles. The SMILES string of the molecule is CC(=O)Oc1ccc([C@@H](CCC(F)(F)F)N2CCNCC2)cc1. The Kier molecular flexibility index (Phi) is 6.01. The minimum absolute atomic E-state index is 0.0242. The topological polar surface area (TPSA) is 41.6 Å². The minimum atomic E-state index is -4.16. The molecule has 1 aliphatic heterocycles. The largest absolute Gasteiger partial charge is 0.427 e. The second-order valence-electron chi connectivity index (χ2n) is 5.62. The van der Waals surface area contributed by atoms with Gasteiger partial charge in [-0.2, -0.15) is 13.2 Å². The Morgan fingerprint density at radius 3 is 2.39 bits per heavy atom. The summed E-state index contributed by atoms with van der Waals surface area (Å²) in [6.07, 6.45) is -4.95. The fourth-order valence-electron chi connectivity index (χ4n) is 2.78. The predicted molar refractivity (Wildman–Crippen MR) is 80.2 cm³/mol. The van der Waals surface area contributed by atoms with Crippen LogP contribution in [0.3, 0.4) is 0 Å². The van der Waals surface area contributed by atoms with Crippen molar-refractivity contribution in [3.8, 4) is 5.75 Å². The van der Waals surface area contributed by atoms with Crippen molar-refractivity contribution >= 4 is 5.97 Å². The molecule has 1 heterocycles. The highest BCUT2D eigenvalue weighted by Gasteiger charge is 2.31. The molecule has 0 unspecified atom stereocenters. The number of carbonyl (C=O) groups excluding carboxylic acids is 1. The van der Waals surface area contributed by atoms with Gasteiger partial charge in [-0.1, -0.05) is 12.1 Å². The van der Waals surface area contributed by atoms with Gasteiger partial charge in [0.1, 0.15) is 5.75 Å². The Labute approximate surface area is 133 Å². The molecule has 1 aromatic carbocycles. The smallest absolute Gasteiger partial charge is 0.389 e. The van der Waals surface area contributed by atoms with E-state index in [1.54, 1.807) is 24.3 Å². The van der Waals surface area contributed by atoms with Crippen LogP contribution in [-0.2, 0) is 4.79 Å². The van der Waals surface area contributed by atoms with Crippen LogP contribution in [0, 0.1) is 0 Å². The zero-order valence-electron chi connectivity index (χ0n) is 13.0. The van der Waals surface area contributed by atoms with Crippen molar-refractivity contribution in [1.82, 2.24) is 10.2 Å². The molecule has 1 aromatic rings. The molecular weight excluding hydrogens is 309 g/mol. The molecule has 1 aliphatic rings. The van der Waals surface area contributed by atoms with E-state index in [1.165, 1.54) is 6.92 Å². The first-order chi connectivity index (χ1) is 10.8. The maximum absolute atomic E-state index is 12.6. The first-order valence-corrected chi connectivity index (χ1v) is 7.65. The predicted octanol–water partition coefficient (Wildman–Crippen LogP) is 2.90. The molecule has 23 heavy (non-hydrogen) atoms. The third-order valence-electron chi connectivity index (χ3n) is 3.82. The van der Waals surface area contributed by atoms with E-state index in [0.29, 0.717) is 18.8 Å². The van der Waals surface area contributed by atoms with Crippen LogP contribution in [0.5, 0.6) is 5.75 Å². The molecule has 128 valence electrons.